The van der Waals surface area contributed by atoms with Crippen molar-refractivity contribution in [2.24, 2.45) is 5.92 Å². The highest BCUT2D eigenvalue weighted by Crippen LogP contribution is 2.27. The second-order valence-corrected chi connectivity index (χ2v) is 7.07. The number of aryl methyl sites for hydroxylation is 1. The van der Waals surface area contributed by atoms with Crippen LogP contribution in [0, 0.1) is 18.7 Å². The van der Waals surface area contributed by atoms with Gasteiger partial charge in [-0.05, 0) is 48.6 Å². The van der Waals surface area contributed by atoms with E-state index in [1.807, 2.05) is 31.2 Å². The molecule has 0 unspecified atom stereocenters. The van der Waals surface area contributed by atoms with Crippen LogP contribution in [-0.2, 0) is 22.4 Å². The summed E-state index contributed by atoms with van der Waals surface area (Å²) in [6.45, 7) is 6.89. The summed E-state index contributed by atoms with van der Waals surface area (Å²) in [6.07, 6.45) is 0.923. The van der Waals surface area contributed by atoms with E-state index in [1.165, 1.54) is 6.07 Å². The first kappa shape index (κ1) is 21.8. The smallest absolute Gasteiger partial charge is 0.333 e. The van der Waals surface area contributed by atoms with Crippen LogP contribution in [0.15, 0.2) is 48.6 Å². The van der Waals surface area contributed by atoms with Crippen molar-refractivity contribution >= 4 is 5.97 Å². The van der Waals surface area contributed by atoms with Crippen molar-refractivity contribution in [1.82, 2.24) is 0 Å². The molecule has 0 aliphatic heterocycles. The molecule has 2 aromatic carbocycles. The maximum atomic E-state index is 14.4. The van der Waals surface area contributed by atoms with Gasteiger partial charge in [-0.15, -0.1) is 0 Å². The van der Waals surface area contributed by atoms with Gasteiger partial charge in [0.15, 0.2) is 0 Å². The molecule has 0 saturated heterocycles. The molecule has 2 N–H and O–H groups in total. The molecule has 150 valence electrons. The van der Waals surface area contributed by atoms with Gasteiger partial charge in [0.1, 0.15) is 5.82 Å². The van der Waals surface area contributed by atoms with Crippen LogP contribution in [0.3, 0.4) is 0 Å². The summed E-state index contributed by atoms with van der Waals surface area (Å²) >= 11 is 0. The lowest BCUT2D eigenvalue weighted by Crippen LogP contribution is -2.16. The number of benzene rings is 2. The van der Waals surface area contributed by atoms with Crippen molar-refractivity contribution in [1.29, 1.82) is 0 Å². The fourth-order valence-electron chi connectivity index (χ4n) is 2.95. The Labute approximate surface area is 165 Å². The number of aliphatic hydroxyl groups is 2. The summed E-state index contributed by atoms with van der Waals surface area (Å²) in [7, 11) is 0. The Balaban J connectivity index is 2.32. The lowest BCUT2D eigenvalue weighted by atomic mass is 9.91. The van der Waals surface area contributed by atoms with E-state index in [2.05, 4.69) is 6.58 Å². The van der Waals surface area contributed by atoms with E-state index in [0.29, 0.717) is 24.0 Å². The summed E-state index contributed by atoms with van der Waals surface area (Å²) in [5.74, 6) is -1.03. The fraction of sp³-hybridized carbons (Fsp3) is 0.348. The highest BCUT2D eigenvalue weighted by Gasteiger charge is 2.14. The second kappa shape index (κ2) is 10.2. The van der Waals surface area contributed by atoms with Gasteiger partial charge < -0.3 is 14.9 Å². The van der Waals surface area contributed by atoms with E-state index < -0.39 is 5.97 Å². The lowest BCUT2D eigenvalue weighted by molar-refractivity contribution is -0.138. The van der Waals surface area contributed by atoms with E-state index >= 15 is 0 Å². The van der Waals surface area contributed by atoms with Crippen molar-refractivity contribution in [3.05, 3.63) is 71.1 Å². The van der Waals surface area contributed by atoms with Crippen molar-refractivity contribution < 1.29 is 24.1 Å². The molecule has 0 atom stereocenters. The van der Waals surface area contributed by atoms with E-state index in [9.17, 15) is 19.4 Å². The number of ether oxygens (including phenoxy) is 1. The van der Waals surface area contributed by atoms with Gasteiger partial charge in [-0.1, -0.05) is 36.9 Å². The first-order chi connectivity index (χ1) is 13.3. The van der Waals surface area contributed by atoms with E-state index in [0.717, 1.165) is 22.3 Å². The molecule has 5 heteroatoms. The average molecular weight is 386 g/mol. The molecule has 0 aliphatic carbocycles. The number of rotatable bonds is 9. The SMILES string of the molecule is C=C(C)C(=O)OCCc1cc(-c2ccc(C)cc2F)ccc1CC(CO)CO. The number of hydrogen-bond acceptors (Lipinski definition) is 4. The van der Waals surface area contributed by atoms with Gasteiger partial charge >= 0.3 is 5.97 Å². The standard InChI is InChI=1S/C23H27FO4/c1-15(2)23(27)28-9-8-19-12-20(21-7-4-16(3)10-22(21)24)6-5-18(19)11-17(13-25)14-26/h4-7,10,12,17,25-26H,1,8-9,11,13-14H2,2-3H3. The maximum Gasteiger partial charge on any atom is 0.333 e. The molecule has 0 saturated carbocycles. The highest BCUT2D eigenvalue weighted by atomic mass is 19.1. The number of hydrogen-bond donors (Lipinski definition) is 2. The van der Waals surface area contributed by atoms with E-state index in [1.54, 1.807) is 13.0 Å². The molecule has 28 heavy (non-hydrogen) atoms. The number of carbonyl (C=O) groups excluding carboxylic acids is 1. The minimum absolute atomic E-state index is 0.130. The quantitative estimate of drug-likeness (QED) is 0.510. The minimum atomic E-state index is -0.453. The predicted molar refractivity (Wildman–Crippen MR) is 107 cm³/mol. The number of carbonyl (C=O) groups is 1. The number of esters is 1. The summed E-state index contributed by atoms with van der Waals surface area (Å²) < 4.78 is 19.6. The Bertz CT molecular complexity index is 840. The molecule has 0 fully saturated rings. The van der Waals surface area contributed by atoms with E-state index in [4.69, 9.17) is 4.74 Å². The zero-order valence-electron chi connectivity index (χ0n) is 16.4. The minimum Gasteiger partial charge on any atom is -0.462 e. The Morgan fingerprint density at radius 2 is 1.86 bits per heavy atom. The molecule has 2 rings (SSSR count). The van der Waals surface area contributed by atoms with Crippen molar-refractivity contribution in [3.63, 3.8) is 0 Å². The zero-order valence-corrected chi connectivity index (χ0v) is 16.4. The van der Waals surface area contributed by atoms with Gasteiger partial charge in [-0.2, -0.15) is 0 Å². The molecule has 0 radical (unpaired) electrons. The summed E-state index contributed by atoms with van der Waals surface area (Å²) in [4.78, 5) is 11.6. The number of halogens is 1. The summed E-state index contributed by atoms with van der Waals surface area (Å²) in [5, 5.41) is 18.8. The molecule has 0 heterocycles. The van der Waals surface area contributed by atoms with Crippen LogP contribution in [0.5, 0.6) is 0 Å². The molecule has 4 nitrogen and oxygen atoms in total. The molecule has 0 amide bonds. The molecular weight excluding hydrogens is 359 g/mol. The van der Waals surface area contributed by atoms with Crippen molar-refractivity contribution in [3.8, 4) is 11.1 Å². The predicted octanol–water partition coefficient (Wildman–Crippen LogP) is 3.61. The third kappa shape index (κ3) is 5.75. The third-order valence-corrected chi connectivity index (χ3v) is 4.62. The monoisotopic (exact) mass is 386 g/mol. The van der Waals surface area contributed by atoms with E-state index in [-0.39, 0.29) is 31.6 Å². The van der Waals surface area contributed by atoms with Gasteiger partial charge in [-0.3, -0.25) is 0 Å². The third-order valence-electron chi connectivity index (χ3n) is 4.62. The van der Waals surface area contributed by atoms with Crippen LogP contribution in [-0.4, -0.2) is 36.0 Å². The van der Waals surface area contributed by atoms with Gasteiger partial charge in [0.05, 0.1) is 6.61 Å². The Hall–Kier alpha value is -2.50. The highest BCUT2D eigenvalue weighted by molar-refractivity contribution is 5.86. The van der Waals surface area contributed by atoms with Crippen LogP contribution < -0.4 is 0 Å². The first-order valence-electron chi connectivity index (χ1n) is 9.28. The zero-order chi connectivity index (χ0) is 20.7. The van der Waals surface area contributed by atoms with Gasteiger partial charge in [0.2, 0.25) is 0 Å². The molecular formula is C23H27FO4. The molecule has 0 aromatic heterocycles. The van der Waals surface area contributed by atoms with Crippen LogP contribution >= 0.6 is 0 Å². The van der Waals surface area contributed by atoms with Crippen LogP contribution in [0.2, 0.25) is 0 Å². The van der Waals surface area contributed by atoms with Crippen LogP contribution in [0.1, 0.15) is 23.6 Å². The summed E-state index contributed by atoms with van der Waals surface area (Å²) in [6, 6.07) is 10.7. The van der Waals surface area contributed by atoms with Crippen molar-refractivity contribution in [2.45, 2.75) is 26.7 Å². The fourth-order valence-corrected chi connectivity index (χ4v) is 2.95. The molecule has 0 aliphatic rings. The van der Waals surface area contributed by atoms with Crippen LogP contribution in [0.4, 0.5) is 4.39 Å². The average Bonchev–Trinajstić information content (AvgIpc) is 2.66. The van der Waals surface area contributed by atoms with Crippen LogP contribution in [0.25, 0.3) is 11.1 Å². The maximum absolute atomic E-state index is 14.4. The normalized spacial score (nSPS) is 10.9. The van der Waals surface area contributed by atoms with Crippen molar-refractivity contribution in [2.75, 3.05) is 19.8 Å². The molecule has 0 spiro atoms. The summed E-state index contributed by atoms with van der Waals surface area (Å²) in [5.41, 5.74) is 4.22. The van der Waals surface area contributed by atoms with Gasteiger partial charge in [0.25, 0.3) is 0 Å². The molecule has 0 bridgehead atoms. The second-order valence-electron chi connectivity index (χ2n) is 7.07. The topological polar surface area (TPSA) is 66.8 Å². The van der Waals surface area contributed by atoms with Gasteiger partial charge in [0, 0.05) is 36.7 Å². The number of aliphatic hydroxyl groups excluding tert-OH is 2. The lowest BCUT2D eigenvalue weighted by Gasteiger charge is -2.17. The Morgan fingerprint density at radius 1 is 1.14 bits per heavy atom. The van der Waals surface area contributed by atoms with Gasteiger partial charge in [-0.25, -0.2) is 9.18 Å². The Morgan fingerprint density at radius 3 is 2.46 bits per heavy atom. The largest absolute Gasteiger partial charge is 0.462 e. The Kier molecular flexibility index (Phi) is 7.91. The molecule has 2 aromatic rings. The first-order valence-corrected chi connectivity index (χ1v) is 9.28.